The van der Waals surface area contributed by atoms with E-state index in [9.17, 15) is 0 Å². The molecule has 1 aromatic heterocycles. The summed E-state index contributed by atoms with van der Waals surface area (Å²) < 4.78 is 0. The smallest absolute Gasteiger partial charge is 0.0456 e. The maximum atomic E-state index is 3.16. The summed E-state index contributed by atoms with van der Waals surface area (Å²) in [5.41, 5.74) is 5.44. The molecule has 2 aromatic rings. The summed E-state index contributed by atoms with van der Waals surface area (Å²) in [4.78, 5) is 3.16. The van der Waals surface area contributed by atoms with E-state index in [0.29, 0.717) is 0 Å². The largest absolute Gasteiger partial charge is 0.361 e. The number of fused-ring (bicyclic) bond motifs is 1. The van der Waals surface area contributed by atoms with Crippen molar-refractivity contribution in [2.24, 2.45) is 0 Å². The van der Waals surface area contributed by atoms with Crippen LogP contribution in [-0.2, 0) is 0 Å². The number of hydrogen-bond donors (Lipinski definition) is 1. The molecule has 0 unspecified atom stereocenters. The van der Waals surface area contributed by atoms with Crippen molar-refractivity contribution < 1.29 is 0 Å². The van der Waals surface area contributed by atoms with Gasteiger partial charge in [-0.2, -0.15) is 0 Å². The topological polar surface area (TPSA) is 15.8 Å². The molecular formula is C18H31NSi. The lowest BCUT2D eigenvalue weighted by molar-refractivity contribution is 0.863. The third-order valence-electron chi connectivity index (χ3n) is 4.02. The van der Waals surface area contributed by atoms with Gasteiger partial charge in [0.2, 0.25) is 0 Å². The highest BCUT2D eigenvalue weighted by Gasteiger charge is 2.22. The standard InChI is InChI=1S/C9H9N.C9H22Si/c1-7-2-3-8-4-5-10-9(8)6-7;1-7(2)10(8(3)4)9(5)6/h2-6,10H,1H3;7-10H,1-6H3. The molecular weight excluding hydrogens is 258 g/mol. The number of aryl methyl sites for hydroxylation is 1. The van der Waals surface area contributed by atoms with Crippen molar-refractivity contribution in [3.63, 3.8) is 0 Å². The lowest BCUT2D eigenvalue weighted by Gasteiger charge is -2.26. The van der Waals surface area contributed by atoms with Crippen molar-refractivity contribution in [3.8, 4) is 0 Å². The first-order chi connectivity index (χ1) is 9.32. The highest BCUT2D eigenvalue weighted by molar-refractivity contribution is 6.63. The van der Waals surface area contributed by atoms with Crippen molar-refractivity contribution >= 4 is 19.7 Å². The Morgan fingerprint density at radius 1 is 0.850 bits per heavy atom. The monoisotopic (exact) mass is 289 g/mol. The van der Waals surface area contributed by atoms with Gasteiger partial charge in [0.05, 0.1) is 0 Å². The molecule has 0 atom stereocenters. The summed E-state index contributed by atoms with van der Waals surface area (Å²) in [5, 5.41) is 1.28. The van der Waals surface area contributed by atoms with Gasteiger partial charge in [0.1, 0.15) is 0 Å². The van der Waals surface area contributed by atoms with Crippen molar-refractivity contribution in [2.75, 3.05) is 0 Å². The summed E-state index contributed by atoms with van der Waals surface area (Å²) >= 11 is 0. The van der Waals surface area contributed by atoms with E-state index < -0.39 is 8.80 Å². The number of aromatic nitrogens is 1. The van der Waals surface area contributed by atoms with Crippen LogP contribution in [0.2, 0.25) is 16.6 Å². The van der Waals surface area contributed by atoms with Gasteiger partial charge in [-0.25, -0.2) is 0 Å². The minimum atomic E-state index is -0.454. The summed E-state index contributed by atoms with van der Waals surface area (Å²) in [6.45, 7) is 16.4. The average molecular weight is 290 g/mol. The number of aromatic amines is 1. The molecule has 2 heteroatoms. The molecule has 1 N–H and O–H groups in total. The second kappa shape index (κ2) is 7.68. The fourth-order valence-corrected chi connectivity index (χ4v) is 8.09. The van der Waals surface area contributed by atoms with Crippen LogP contribution < -0.4 is 0 Å². The second-order valence-corrected chi connectivity index (χ2v) is 12.0. The lowest BCUT2D eigenvalue weighted by Crippen LogP contribution is -2.24. The molecule has 0 saturated carbocycles. The van der Waals surface area contributed by atoms with Crippen LogP contribution in [-0.4, -0.2) is 13.8 Å². The Labute approximate surface area is 126 Å². The zero-order valence-electron chi connectivity index (χ0n) is 14.2. The molecule has 0 aliphatic rings. The van der Waals surface area contributed by atoms with Gasteiger partial charge in [0.15, 0.2) is 0 Å². The van der Waals surface area contributed by atoms with Crippen LogP contribution in [0.5, 0.6) is 0 Å². The van der Waals surface area contributed by atoms with Crippen LogP contribution in [0, 0.1) is 6.92 Å². The minimum absolute atomic E-state index is 0.454. The highest BCUT2D eigenvalue weighted by atomic mass is 28.3. The molecule has 20 heavy (non-hydrogen) atoms. The third kappa shape index (κ3) is 4.82. The van der Waals surface area contributed by atoms with Gasteiger partial charge in [0, 0.05) is 20.5 Å². The number of rotatable bonds is 3. The number of nitrogens with one attached hydrogen (secondary N) is 1. The van der Waals surface area contributed by atoms with Crippen LogP contribution in [0.3, 0.4) is 0 Å². The fourth-order valence-electron chi connectivity index (χ4n) is 3.47. The van der Waals surface area contributed by atoms with Gasteiger partial charge >= 0.3 is 0 Å². The lowest BCUT2D eigenvalue weighted by atomic mass is 10.2. The molecule has 0 spiro atoms. The molecule has 112 valence electrons. The van der Waals surface area contributed by atoms with Gasteiger partial charge in [-0.1, -0.05) is 70.3 Å². The molecule has 0 fully saturated rings. The van der Waals surface area contributed by atoms with Crippen LogP contribution in [0.15, 0.2) is 30.5 Å². The van der Waals surface area contributed by atoms with E-state index in [1.807, 2.05) is 6.20 Å². The van der Waals surface area contributed by atoms with Crippen LogP contribution in [0.1, 0.15) is 47.1 Å². The molecule has 2 rings (SSSR count). The number of benzene rings is 1. The predicted octanol–water partition coefficient (Wildman–Crippen LogP) is 5.92. The molecule has 0 bridgehead atoms. The Kier molecular flexibility index (Phi) is 6.54. The average Bonchev–Trinajstić information content (AvgIpc) is 2.74. The van der Waals surface area contributed by atoms with Gasteiger partial charge in [-0.15, -0.1) is 0 Å². The van der Waals surface area contributed by atoms with Crippen molar-refractivity contribution in [1.29, 1.82) is 0 Å². The van der Waals surface area contributed by atoms with Crippen molar-refractivity contribution in [2.45, 2.75) is 65.1 Å². The quantitative estimate of drug-likeness (QED) is 0.675. The van der Waals surface area contributed by atoms with Gasteiger partial charge in [-0.05, 0) is 30.0 Å². The molecule has 0 amide bonds. The summed E-state index contributed by atoms with van der Waals surface area (Å²) in [6.07, 6.45) is 1.96. The van der Waals surface area contributed by atoms with Crippen molar-refractivity contribution in [3.05, 3.63) is 36.0 Å². The predicted molar refractivity (Wildman–Crippen MR) is 95.5 cm³/mol. The molecule has 0 saturated heterocycles. The van der Waals surface area contributed by atoms with Crippen LogP contribution in [0.4, 0.5) is 0 Å². The SMILES string of the molecule is CC(C)[SiH](C(C)C)C(C)C.Cc1ccc2cc[nH]c2c1. The van der Waals surface area contributed by atoms with Gasteiger partial charge < -0.3 is 4.98 Å². The molecule has 0 aliphatic carbocycles. The van der Waals surface area contributed by atoms with E-state index in [1.54, 1.807) is 0 Å². The zero-order chi connectivity index (χ0) is 15.3. The van der Waals surface area contributed by atoms with Crippen molar-refractivity contribution in [1.82, 2.24) is 4.98 Å². The maximum absolute atomic E-state index is 3.16. The minimum Gasteiger partial charge on any atom is -0.361 e. The first kappa shape index (κ1) is 17.0. The second-order valence-electron chi connectivity index (χ2n) is 6.88. The third-order valence-corrected chi connectivity index (χ3v) is 8.64. The van der Waals surface area contributed by atoms with E-state index >= 15 is 0 Å². The Bertz CT molecular complexity index is 492. The zero-order valence-corrected chi connectivity index (χ0v) is 15.4. The summed E-state index contributed by atoms with van der Waals surface area (Å²) in [5.74, 6) is 0. The fraction of sp³-hybridized carbons (Fsp3) is 0.556. The van der Waals surface area contributed by atoms with Gasteiger partial charge in [-0.3, -0.25) is 0 Å². The normalized spacial score (nSPS) is 11.6. The van der Waals surface area contributed by atoms with E-state index in [2.05, 4.69) is 77.7 Å². The Balaban J connectivity index is 0.000000200. The number of hydrogen-bond acceptors (Lipinski definition) is 0. The van der Waals surface area contributed by atoms with E-state index in [1.165, 1.54) is 16.5 Å². The van der Waals surface area contributed by atoms with Crippen LogP contribution in [0.25, 0.3) is 10.9 Å². The highest BCUT2D eigenvalue weighted by Crippen LogP contribution is 2.29. The summed E-state index contributed by atoms with van der Waals surface area (Å²) in [7, 11) is -0.454. The van der Waals surface area contributed by atoms with E-state index in [4.69, 9.17) is 0 Å². The molecule has 1 aromatic carbocycles. The molecule has 0 radical (unpaired) electrons. The summed E-state index contributed by atoms with van der Waals surface area (Å²) in [6, 6.07) is 8.47. The Morgan fingerprint density at radius 3 is 1.85 bits per heavy atom. The first-order valence-corrected chi connectivity index (χ1v) is 9.86. The molecule has 1 heterocycles. The number of H-pyrrole nitrogens is 1. The first-order valence-electron chi connectivity index (χ1n) is 7.86. The maximum Gasteiger partial charge on any atom is 0.0456 e. The van der Waals surface area contributed by atoms with Crippen LogP contribution >= 0.6 is 0 Å². The Morgan fingerprint density at radius 2 is 1.40 bits per heavy atom. The Hall–Kier alpha value is -1.02. The molecule has 0 aliphatic heterocycles. The van der Waals surface area contributed by atoms with Gasteiger partial charge in [0.25, 0.3) is 0 Å². The molecule has 1 nitrogen and oxygen atoms in total. The van der Waals surface area contributed by atoms with E-state index in [0.717, 1.165) is 16.6 Å². The van der Waals surface area contributed by atoms with E-state index in [-0.39, 0.29) is 0 Å².